The molecular weight excluding hydrogens is 210 g/mol. The Balaban J connectivity index is 2.10. The smallest absolute Gasteiger partial charge is 0.0944 e. The molecule has 3 nitrogen and oxygen atoms in total. The lowest BCUT2D eigenvalue weighted by Crippen LogP contribution is -2.33. The molecule has 17 heavy (non-hydrogen) atoms. The standard InChI is InChI=1S/C14H19N3/c1-11-4-5-14-12(9-11)3-2-7-17(14)8-6-13(16)10-15/h4-5,9,13H,2-3,6-8,16H2,1H3. The van der Waals surface area contributed by atoms with Crippen LogP contribution in [0.3, 0.4) is 0 Å². The fourth-order valence-corrected chi connectivity index (χ4v) is 2.40. The van der Waals surface area contributed by atoms with Gasteiger partial charge in [0.25, 0.3) is 0 Å². The summed E-state index contributed by atoms with van der Waals surface area (Å²) in [7, 11) is 0. The van der Waals surface area contributed by atoms with E-state index in [1.807, 2.05) is 0 Å². The van der Waals surface area contributed by atoms with Crippen LogP contribution in [0.2, 0.25) is 0 Å². The first kappa shape index (κ1) is 11.9. The van der Waals surface area contributed by atoms with Gasteiger partial charge in [-0.25, -0.2) is 0 Å². The van der Waals surface area contributed by atoms with E-state index in [-0.39, 0.29) is 6.04 Å². The molecule has 1 aliphatic heterocycles. The number of nitrogens with zero attached hydrogens (tertiary/aromatic N) is 2. The summed E-state index contributed by atoms with van der Waals surface area (Å²) in [5.74, 6) is 0. The molecule has 1 heterocycles. The van der Waals surface area contributed by atoms with Gasteiger partial charge in [0, 0.05) is 18.8 Å². The van der Waals surface area contributed by atoms with Gasteiger partial charge in [0.1, 0.15) is 0 Å². The SMILES string of the molecule is Cc1ccc2c(c1)CCCN2CCC(N)C#N. The van der Waals surface area contributed by atoms with Crippen LogP contribution in [0, 0.1) is 18.3 Å². The summed E-state index contributed by atoms with van der Waals surface area (Å²) in [5, 5.41) is 8.70. The Bertz CT molecular complexity index is 434. The van der Waals surface area contributed by atoms with E-state index < -0.39 is 0 Å². The van der Waals surface area contributed by atoms with Crippen molar-refractivity contribution in [3.05, 3.63) is 29.3 Å². The lowest BCUT2D eigenvalue weighted by atomic mass is 9.99. The summed E-state index contributed by atoms with van der Waals surface area (Å²) in [5.41, 5.74) is 9.72. The van der Waals surface area contributed by atoms with Gasteiger partial charge in [0.05, 0.1) is 12.1 Å². The maximum absolute atomic E-state index is 8.70. The molecule has 1 unspecified atom stereocenters. The normalized spacial score (nSPS) is 16.2. The first-order valence-corrected chi connectivity index (χ1v) is 6.20. The number of rotatable bonds is 3. The highest BCUT2D eigenvalue weighted by Crippen LogP contribution is 2.27. The third kappa shape index (κ3) is 2.78. The van der Waals surface area contributed by atoms with Gasteiger partial charge in [-0.05, 0) is 37.8 Å². The van der Waals surface area contributed by atoms with Gasteiger partial charge in [-0.15, -0.1) is 0 Å². The van der Waals surface area contributed by atoms with Crippen LogP contribution in [0.5, 0.6) is 0 Å². The van der Waals surface area contributed by atoms with Crippen LogP contribution in [0.4, 0.5) is 5.69 Å². The average molecular weight is 229 g/mol. The molecule has 0 radical (unpaired) electrons. The third-order valence-electron chi connectivity index (χ3n) is 3.33. The van der Waals surface area contributed by atoms with Gasteiger partial charge < -0.3 is 10.6 Å². The number of hydrogen-bond donors (Lipinski definition) is 1. The zero-order valence-electron chi connectivity index (χ0n) is 10.3. The fourth-order valence-electron chi connectivity index (χ4n) is 2.40. The molecule has 0 aromatic heterocycles. The van der Waals surface area contributed by atoms with Crippen LogP contribution < -0.4 is 10.6 Å². The summed E-state index contributed by atoms with van der Waals surface area (Å²) < 4.78 is 0. The molecule has 1 aliphatic rings. The Hall–Kier alpha value is -1.53. The summed E-state index contributed by atoms with van der Waals surface area (Å²) in [6.07, 6.45) is 3.10. The van der Waals surface area contributed by atoms with Crippen molar-refractivity contribution in [1.82, 2.24) is 0 Å². The lowest BCUT2D eigenvalue weighted by molar-refractivity contribution is 0.641. The van der Waals surface area contributed by atoms with Crippen LogP contribution in [0.15, 0.2) is 18.2 Å². The Labute approximate surface area is 103 Å². The van der Waals surface area contributed by atoms with Crippen LogP contribution in [-0.4, -0.2) is 19.1 Å². The molecular formula is C14H19N3. The van der Waals surface area contributed by atoms with Crippen molar-refractivity contribution in [2.24, 2.45) is 5.73 Å². The van der Waals surface area contributed by atoms with E-state index in [1.165, 1.54) is 23.2 Å². The molecule has 1 atom stereocenters. The highest BCUT2D eigenvalue weighted by Gasteiger charge is 2.17. The zero-order chi connectivity index (χ0) is 12.3. The van der Waals surface area contributed by atoms with Crippen molar-refractivity contribution >= 4 is 5.69 Å². The third-order valence-corrected chi connectivity index (χ3v) is 3.33. The van der Waals surface area contributed by atoms with Crippen LogP contribution in [0.25, 0.3) is 0 Å². The first-order chi connectivity index (χ1) is 8.20. The number of nitriles is 1. The Kier molecular flexibility index (Phi) is 3.65. The number of aryl methyl sites for hydroxylation is 2. The molecule has 1 aromatic rings. The summed E-state index contributed by atoms with van der Waals surface area (Å²) in [4.78, 5) is 2.36. The minimum atomic E-state index is -0.342. The molecule has 0 spiro atoms. The van der Waals surface area contributed by atoms with E-state index in [0.29, 0.717) is 0 Å². The molecule has 0 saturated heterocycles. The maximum atomic E-state index is 8.70. The van der Waals surface area contributed by atoms with E-state index in [0.717, 1.165) is 25.9 Å². The lowest BCUT2D eigenvalue weighted by Gasteiger charge is -2.31. The Morgan fingerprint density at radius 3 is 3.12 bits per heavy atom. The van der Waals surface area contributed by atoms with Gasteiger partial charge in [0.15, 0.2) is 0 Å². The molecule has 2 rings (SSSR count). The van der Waals surface area contributed by atoms with Gasteiger partial charge in [-0.3, -0.25) is 0 Å². The van der Waals surface area contributed by atoms with Gasteiger partial charge in [0.2, 0.25) is 0 Å². The fraction of sp³-hybridized carbons (Fsp3) is 0.500. The quantitative estimate of drug-likeness (QED) is 0.862. The van der Waals surface area contributed by atoms with Gasteiger partial charge in [-0.1, -0.05) is 17.7 Å². The van der Waals surface area contributed by atoms with Crippen LogP contribution >= 0.6 is 0 Å². The molecule has 2 N–H and O–H groups in total. The van der Waals surface area contributed by atoms with E-state index in [1.54, 1.807) is 0 Å². The van der Waals surface area contributed by atoms with Gasteiger partial charge in [-0.2, -0.15) is 5.26 Å². The summed E-state index contributed by atoms with van der Waals surface area (Å²) in [6, 6.07) is 8.37. The number of hydrogen-bond acceptors (Lipinski definition) is 3. The topological polar surface area (TPSA) is 53.0 Å². The molecule has 0 fully saturated rings. The Morgan fingerprint density at radius 1 is 1.53 bits per heavy atom. The van der Waals surface area contributed by atoms with E-state index >= 15 is 0 Å². The van der Waals surface area contributed by atoms with Crippen molar-refractivity contribution < 1.29 is 0 Å². The number of benzene rings is 1. The number of fused-ring (bicyclic) bond motifs is 1. The molecule has 0 amide bonds. The van der Waals surface area contributed by atoms with Gasteiger partial charge >= 0.3 is 0 Å². The van der Waals surface area contributed by atoms with Crippen molar-refractivity contribution in [2.75, 3.05) is 18.0 Å². The second kappa shape index (κ2) is 5.20. The van der Waals surface area contributed by atoms with E-state index in [2.05, 4.69) is 36.1 Å². The largest absolute Gasteiger partial charge is 0.371 e. The minimum absolute atomic E-state index is 0.342. The number of nitrogens with two attached hydrogens (primary N) is 1. The second-order valence-electron chi connectivity index (χ2n) is 4.75. The minimum Gasteiger partial charge on any atom is -0.371 e. The predicted octanol–water partition coefficient (Wildman–Crippen LogP) is 1.99. The van der Waals surface area contributed by atoms with Crippen LogP contribution in [0.1, 0.15) is 24.0 Å². The van der Waals surface area contributed by atoms with E-state index in [4.69, 9.17) is 11.0 Å². The van der Waals surface area contributed by atoms with E-state index in [9.17, 15) is 0 Å². The first-order valence-electron chi connectivity index (χ1n) is 6.20. The monoisotopic (exact) mass is 229 g/mol. The highest BCUT2D eigenvalue weighted by molar-refractivity contribution is 5.56. The highest BCUT2D eigenvalue weighted by atomic mass is 15.1. The van der Waals surface area contributed by atoms with Crippen molar-refractivity contribution in [1.29, 1.82) is 5.26 Å². The molecule has 1 aromatic carbocycles. The van der Waals surface area contributed by atoms with Crippen LogP contribution in [-0.2, 0) is 6.42 Å². The van der Waals surface area contributed by atoms with Crippen molar-refractivity contribution in [3.8, 4) is 6.07 Å². The Morgan fingerprint density at radius 2 is 2.35 bits per heavy atom. The van der Waals surface area contributed by atoms with Crippen molar-refractivity contribution in [2.45, 2.75) is 32.2 Å². The average Bonchev–Trinajstić information content (AvgIpc) is 2.35. The summed E-state index contributed by atoms with van der Waals surface area (Å²) >= 11 is 0. The van der Waals surface area contributed by atoms with Crippen molar-refractivity contribution in [3.63, 3.8) is 0 Å². The zero-order valence-corrected chi connectivity index (χ0v) is 10.3. The molecule has 0 bridgehead atoms. The maximum Gasteiger partial charge on any atom is 0.0944 e. The molecule has 90 valence electrons. The molecule has 0 saturated carbocycles. The summed E-state index contributed by atoms with van der Waals surface area (Å²) in [6.45, 7) is 4.09. The second-order valence-corrected chi connectivity index (χ2v) is 4.75. The molecule has 3 heteroatoms. The molecule has 0 aliphatic carbocycles. The number of anilines is 1. The predicted molar refractivity (Wildman–Crippen MR) is 69.9 cm³/mol.